The fraction of sp³-hybridized carbons (Fsp3) is 0.391. The van der Waals surface area contributed by atoms with Gasteiger partial charge in [0, 0.05) is 11.5 Å². The largest absolute Gasteiger partial charge is 0.490 e. The van der Waals surface area contributed by atoms with Crippen LogP contribution in [0.25, 0.3) is 0 Å². The molecule has 0 fully saturated rings. The fourth-order valence-corrected chi connectivity index (χ4v) is 2.94. The van der Waals surface area contributed by atoms with Crippen LogP contribution >= 0.6 is 0 Å². The normalized spacial score (nSPS) is 11.4. The summed E-state index contributed by atoms with van der Waals surface area (Å²) in [6, 6.07) is 9.14. The summed E-state index contributed by atoms with van der Waals surface area (Å²) in [6.45, 7) is 8.35. The van der Waals surface area contributed by atoms with Crippen molar-refractivity contribution in [2.75, 3.05) is 19.8 Å². The molecular weight excluding hydrogens is 403 g/mol. The Labute approximate surface area is 181 Å². The summed E-state index contributed by atoms with van der Waals surface area (Å²) in [5.74, 6) is -0.563. The van der Waals surface area contributed by atoms with Gasteiger partial charge in [-0.15, -0.1) is 0 Å². The van der Waals surface area contributed by atoms with Gasteiger partial charge in [0.15, 0.2) is 11.5 Å². The van der Waals surface area contributed by atoms with Crippen molar-refractivity contribution in [2.24, 2.45) is 5.92 Å². The molecular formula is C23H29FN2O5. The van der Waals surface area contributed by atoms with Crippen molar-refractivity contribution in [1.29, 1.82) is 0 Å². The van der Waals surface area contributed by atoms with E-state index in [1.807, 2.05) is 20.8 Å². The first-order chi connectivity index (χ1) is 14.9. The molecule has 168 valence electrons. The van der Waals surface area contributed by atoms with Crippen LogP contribution in [0.1, 0.15) is 43.6 Å². The van der Waals surface area contributed by atoms with Crippen molar-refractivity contribution >= 4 is 11.8 Å². The number of hydrazine groups is 1. The lowest BCUT2D eigenvalue weighted by Gasteiger charge is -2.17. The summed E-state index contributed by atoms with van der Waals surface area (Å²) in [7, 11) is 0. The number of benzene rings is 2. The van der Waals surface area contributed by atoms with Crippen LogP contribution in [-0.4, -0.2) is 31.6 Å². The Morgan fingerprint density at radius 1 is 0.935 bits per heavy atom. The van der Waals surface area contributed by atoms with Crippen molar-refractivity contribution in [3.05, 3.63) is 53.3 Å². The molecule has 0 aliphatic carbocycles. The van der Waals surface area contributed by atoms with Crippen LogP contribution in [-0.2, 0) is 11.2 Å². The molecule has 2 N–H and O–H groups in total. The van der Waals surface area contributed by atoms with Gasteiger partial charge in [-0.05, 0) is 57.0 Å². The fourth-order valence-electron chi connectivity index (χ4n) is 2.94. The van der Waals surface area contributed by atoms with Gasteiger partial charge < -0.3 is 14.2 Å². The zero-order valence-corrected chi connectivity index (χ0v) is 18.3. The minimum Gasteiger partial charge on any atom is -0.490 e. The highest BCUT2D eigenvalue weighted by Crippen LogP contribution is 2.39. The number of hydrogen-bond donors (Lipinski definition) is 2. The molecule has 1 unspecified atom stereocenters. The second kappa shape index (κ2) is 11.8. The number of rotatable bonds is 10. The molecule has 0 radical (unpaired) electrons. The minimum absolute atomic E-state index is 0.244. The Bertz CT molecular complexity index is 876. The summed E-state index contributed by atoms with van der Waals surface area (Å²) in [5.41, 5.74) is 5.76. The maximum atomic E-state index is 13.3. The first-order valence-electron chi connectivity index (χ1n) is 10.3. The van der Waals surface area contributed by atoms with Crippen molar-refractivity contribution in [3.8, 4) is 17.2 Å². The number of ether oxygens (including phenoxy) is 3. The van der Waals surface area contributed by atoms with Crippen LogP contribution in [0.5, 0.6) is 17.2 Å². The van der Waals surface area contributed by atoms with Gasteiger partial charge in [0.05, 0.1) is 19.8 Å². The molecule has 0 aliphatic heterocycles. The van der Waals surface area contributed by atoms with Gasteiger partial charge in [-0.1, -0.05) is 19.1 Å². The average Bonchev–Trinajstić information content (AvgIpc) is 2.74. The quantitative estimate of drug-likeness (QED) is 0.560. The Hall–Kier alpha value is -3.29. The standard InChI is InChI=1S/C23H29FN2O5/c1-5-29-19-13-17(14-20(30-6-2)21(19)31-7-3)23(28)26-25-22(27)15(4)11-16-9-8-10-18(24)12-16/h8-10,12-15H,5-7,11H2,1-4H3,(H,25,27)(H,26,28). The molecule has 0 aliphatic rings. The summed E-state index contributed by atoms with van der Waals surface area (Å²) in [5, 5.41) is 0. The number of halogens is 1. The van der Waals surface area contributed by atoms with E-state index in [0.29, 0.717) is 49.1 Å². The van der Waals surface area contributed by atoms with Gasteiger partial charge in [0.2, 0.25) is 11.7 Å². The third-order valence-corrected chi connectivity index (χ3v) is 4.35. The van der Waals surface area contributed by atoms with Crippen LogP contribution in [0.3, 0.4) is 0 Å². The van der Waals surface area contributed by atoms with Gasteiger partial charge >= 0.3 is 0 Å². The second-order valence-corrected chi connectivity index (χ2v) is 6.78. The van der Waals surface area contributed by atoms with E-state index in [2.05, 4.69) is 10.9 Å². The van der Waals surface area contributed by atoms with Crippen molar-refractivity contribution in [1.82, 2.24) is 10.9 Å². The Morgan fingerprint density at radius 2 is 1.55 bits per heavy atom. The zero-order chi connectivity index (χ0) is 22.8. The molecule has 2 rings (SSSR count). The van der Waals surface area contributed by atoms with Gasteiger partial charge in [-0.2, -0.15) is 0 Å². The van der Waals surface area contributed by atoms with Crippen LogP contribution < -0.4 is 25.1 Å². The molecule has 7 nitrogen and oxygen atoms in total. The van der Waals surface area contributed by atoms with E-state index in [0.717, 1.165) is 0 Å². The monoisotopic (exact) mass is 432 g/mol. The summed E-state index contributed by atoms with van der Waals surface area (Å²) in [4.78, 5) is 25.0. The van der Waals surface area contributed by atoms with E-state index >= 15 is 0 Å². The number of hydrogen-bond acceptors (Lipinski definition) is 5. The van der Waals surface area contributed by atoms with E-state index in [1.165, 1.54) is 24.3 Å². The molecule has 0 saturated heterocycles. The third-order valence-electron chi connectivity index (χ3n) is 4.35. The van der Waals surface area contributed by atoms with E-state index < -0.39 is 17.7 Å². The molecule has 2 aromatic rings. The Balaban J connectivity index is 2.08. The highest BCUT2D eigenvalue weighted by molar-refractivity contribution is 5.96. The lowest BCUT2D eigenvalue weighted by atomic mass is 10.0. The number of carbonyl (C=O) groups is 2. The predicted molar refractivity (Wildman–Crippen MR) is 115 cm³/mol. The molecule has 0 saturated carbocycles. The van der Waals surface area contributed by atoms with Crippen molar-refractivity contribution in [3.63, 3.8) is 0 Å². The molecule has 1 atom stereocenters. The summed E-state index contributed by atoms with van der Waals surface area (Å²) < 4.78 is 30.2. The summed E-state index contributed by atoms with van der Waals surface area (Å²) in [6.07, 6.45) is 0.339. The topological polar surface area (TPSA) is 85.9 Å². The third kappa shape index (κ3) is 6.87. The number of carbonyl (C=O) groups excluding carboxylic acids is 2. The highest BCUT2D eigenvalue weighted by atomic mass is 19.1. The number of nitrogens with one attached hydrogen (secondary N) is 2. The maximum absolute atomic E-state index is 13.3. The lowest BCUT2D eigenvalue weighted by Crippen LogP contribution is -2.44. The first-order valence-corrected chi connectivity index (χ1v) is 10.3. The SMILES string of the molecule is CCOc1cc(C(=O)NNC(=O)C(C)Cc2cccc(F)c2)cc(OCC)c1OCC. The smallest absolute Gasteiger partial charge is 0.269 e. The molecule has 0 heterocycles. The van der Waals surface area contributed by atoms with Gasteiger partial charge in [-0.3, -0.25) is 20.4 Å². The average molecular weight is 432 g/mol. The molecule has 2 aromatic carbocycles. The second-order valence-electron chi connectivity index (χ2n) is 6.78. The zero-order valence-electron chi connectivity index (χ0n) is 18.3. The highest BCUT2D eigenvalue weighted by Gasteiger charge is 2.20. The van der Waals surface area contributed by atoms with Crippen LogP contribution in [0.15, 0.2) is 36.4 Å². The molecule has 0 aromatic heterocycles. The van der Waals surface area contributed by atoms with Crippen LogP contribution in [0, 0.1) is 11.7 Å². The van der Waals surface area contributed by atoms with Crippen molar-refractivity contribution < 1.29 is 28.2 Å². The molecule has 31 heavy (non-hydrogen) atoms. The molecule has 0 spiro atoms. The van der Waals surface area contributed by atoms with Gasteiger partial charge in [0.1, 0.15) is 5.82 Å². The minimum atomic E-state index is -0.531. The van der Waals surface area contributed by atoms with E-state index in [9.17, 15) is 14.0 Å². The molecule has 8 heteroatoms. The van der Waals surface area contributed by atoms with E-state index in [1.54, 1.807) is 19.1 Å². The molecule has 0 bridgehead atoms. The molecule has 2 amide bonds. The van der Waals surface area contributed by atoms with Crippen LogP contribution in [0.4, 0.5) is 4.39 Å². The van der Waals surface area contributed by atoms with Crippen molar-refractivity contribution in [2.45, 2.75) is 34.1 Å². The maximum Gasteiger partial charge on any atom is 0.269 e. The Morgan fingerprint density at radius 3 is 2.10 bits per heavy atom. The number of amides is 2. The van der Waals surface area contributed by atoms with Gasteiger partial charge in [0.25, 0.3) is 5.91 Å². The lowest BCUT2D eigenvalue weighted by molar-refractivity contribution is -0.125. The van der Waals surface area contributed by atoms with Gasteiger partial charge in [-0.25, -0.2) is 4.39 Å². The predicted octanol–water partition coefficient (Wildman–Crippen LogP) is 3.66. The first kappa shape index (κ1) is 24.0. The van der Waals surface area contributed by atoms with E-state index in [4.69, 9.17) is 14.2 Å². The Kier molecular flexibility index (Phi) is 9.12. The van der Waals surface area contributed by atoms with E-state index in [-0.39, 0.29) is 11.4 Å². The summed E-state index contributed by atoms with van der Waals surface area (Å²) >= 11 is 0. The van der Waals surface area contributed by atoms with Crippen LogP contribution in [0.2, 0.25) is 0 Å².